The maximum Gasteiger partial charge on any atom is 0.312 e. The summed E-state index contributed by atoms with van der Waals surface area (Å²) in [4.78, 5) is 26.6. The van der Waals surface area contributed by atoms with E-state index >= 15 is 0 Å². The molecule has 6 heteroatoms. The van der Waals surface area contributed by atoms with Crippen LogP contribution in [-0.4, -0.2) is 37.2 Å². The van der Waals surface area contributed by atoms with Crippen LogP contribution in [0, 0.1) is 11.8 Å². The number of methoxy groups -OCH3 is 1. The Bertz CT molecular complexity index is 703. The highest BCUT2D eigenvalue weighted by Gasteiger charge is 2.67. The lowest BCUT2D eigenvalue weighted by Gasteiger charge is -2.22. The van der Waals surface area contributed by atoms with E-state index < -0.39 is 23.4 Å². The van der Waals surface area contributed by atoms with Crippen molar-refractivity contribution in [2.24, 2.45) is 11.8 Å². The van der Waals surface area contributed by atoms with Gasteiger partial charge in [0.05, 0.1) is 25.7 Å². The minimum absolute atomic E-state index is 0.121. The van der Waals surface area contributed by atoms with E-state index in [1.807, 2.05) is 18.2 Å². The first-order valence-electron chi connectivity index (χ1n) is 7.08. The first-order valence-corrected chi connectivity index (χ1v) is 7.45. The highest BCUT2D eigenvalue weighted by atomic mass is 35.5. The van der Waals surface area contributed by atoms with Crippen molar-refractivity contribution >= 4 is 29.2 Å². The molecule has 114 valence electrons. The molecule has 1 amide bonds. The molecule has 3 heterocycles. The summed E-state index contributed by atoms with van der Waals surface area (Å²) in [7, 11) is 1.33. The number of hydrogen-bond acceptors (Lipinski definition) is 4. The summed E-state index contributed by atoms with van der Waals surface area (Å²) in [5, 5.41) is 0.560. The van der Waals surface area contributed by atoms with Gasteiger partial charge in [0, 0.05) is 10.7 Å². The summed E-state index contributed by atoms with van der Waals surface area (Å²) >= 11 is 6.01. The Labute approximate surface area is 132 Å². The van der Waals surface area contributed by atoms with E-state index in [2.05, 4.69) is 0 Å². The van der Waals surface area contributed by atoms with Gasteiger partial charge in [0.15, 0.2) is 0 Å². The molecule has 0 saturated carbocycles. The van der Waals surface area contributed by atoms with E-state index in [9.17, 15) is 9.59 Å². The van der Waals surface area contributed by atoms with Gasteiger partial charge in [-0.25, -0.2) is 0 Å². The van der Waals surface area contributed by atoms with Gasteiger partial charge in [-0.15, -0.1) is 0 Å². The van der Waals surface area contributed by atoms with E-state index in [4.69, 9.17) is 21.1 Å². The zero-order chi connectivity index (χ0) is 15.5. The van der Waals surface area contributed by atoms with Gasteiger partial charge in [-0.3, -0.25) is 9.59 Å². The molecule has 3 aliphatic rings. The lowest BCUT2D eigenvalue weighted by atomic mass is 9.77. The fraction of sp³-hybridized carbons (Fsp3) is 0.375. The molecule has 0 radical (unpaired) electrons. The number of fused-ring (bicyclic) bond motifs is 1. The van der Waals surface area contributed by atoms with Gasteiger partial charge < -0.3 is 14.4 Å². The standard InChI is InChI=1S/C16H14ClNO4/c1-21-15(20)12-11-5-6-16(22-11)8-18(14(19)13(12)16)10-4-2-3-9(17)7-10/h2-7,11-13H,8H2,1H3/t11-,12+,13+,16+/m1/s1. The van der Waals surface area contributed by atoms with Crippen molar-refractivity contribution in [3.05, 3.63) is 41.4 Å². The van der Waals surface area contributed by atoms with Crippen molar-refractivity contribution in [2.45, 2.75) is 11.7 Å². The maximum absolute atomic E-state index is 12.9. The Balaban J connectivity index is 1.73. The largest absolute Gasteiger partial charge is 0.469 e. The first-order chi connectivity index (χ1) is 10.6. The molecule has 4 rings (SSSR count). The zero-order valence-electron chi connectivity index (χ0n) is 11.9. The van der Waals surface area contributed by atoms with Crippen molar-refractivity contribution in [1.82, 2.24) is 0 Å². The number of carbonyl (C=O) groups excluding carboxylic acids is 2. The molecule has 1 aromatic carbocycles. The summed E-state index contributed by atoms with van der Waals surface area (Å²) in [5.74, 6) is -1.63. The number of hydrogen-bond donors (Lipinski definition) is 0. The highest BCUT2D eigenvalue weighted by molar-refractivity contribution is 6.31. The molecular formula is C16H14ClNO4. The maximum atomic E-state index is 12.9. The Morgan fingerprint density at radius 3 is 3.05 bits per heavy atom. The van der Waals surface area contributed by atoms with Crippen LogP contribution in [0.2, 0.25) is 5.02 Å². The molecule has 4 atom stereocenters. The number of anilines is 1. The second kappa shape index (κ2) is 4.57. The van der Waals surface area contributed by atoms with Crippen LogP contribution in [-0.2, 0) is 19.1 Å². The molecule has 2 saturated heterocycles. The number of esters is 1. The number of benzene rings is 1. The molecule has 0 aromatic heterocycles. The Morgan fingerprint density at radius 2 is 2.32 bits per heavy atom. The third-order valence-electron chi connectivity index (χ3n) is 4.69. The van der Waals surface area contributed by atoms with Crippen LogP contribution in [0.15, 0.2) is 36.4 Å². The van der Waals surface area contributed by atoms with Crippen LogP contribution in [0.5, 0.6) is 0 Å². The van der Waals surface area contributed by atoms with Crippen LogP contribution in [0.1, 0.15) is 0 Å². The van der Waals surface area contributed by atoms with Gasteiger partial charge >= 0.3 is 5.97 Å². The molecule has 2 bridgehead atoms. The van der Waals surface area contributed by atoms with Crippen molar-refractivity contribution in [1.29, 1.82) is 0 Å². The molecule has 0 aliphatic carbocycles. The van der Waals surface area contributed by atoms with Gasteiger partial charge in [-0.1, -0.05) is 29.8 Å². The van der Waals surface area contributed by atoms with E-state index in [-0.39, 0.29) is 12.0 Å². The molecule has 22 heavy (non-hydrogen) atoms. The minimum Gasteiger partial charge on any atom is -0.469 e. The van der Waals surface area contributed by atoms with Crippen molar-refractivity contribution < 1.29 is 19.1 Å². The topological polar surface area (TPSA) is 55.8 Å². The Kier molecular flexibility index (Phi) is 2.86. The molecule has 1 spiro atoms. The van der Waals surface area contributed by atoms with E-state index in [1.54, 1.807) is 23.1 Å². The predicted molar refractivity (Wildman–Crippen MR) is 79.5 cm³/mol. The SMILES string of the molecule is COC(=O)[C@@H]1[C@H]2C(=O)N(c3cccc(Cl)c3)C[C@@]23C=C[C@H]1O3. The van der Waals surface area contributed by atoms with Crippen molar-refractivity contribution in [3.8, 4) is 0 Å². The molecule has 2 fully saturated rings. The quantitative estimate of drug-likeness (QED) is 0.616. The highest BCUT2D eigenvalue weighted by Crippen LogP contribution is 2.52. The average Bonchev–Trinajstić information content (AvgIpc) is 3.15. The fourth-order valence-electron chi connectivity index (χ4n) is 3.77. The van der Waals surface area contributed by atoms with Gasteiger partial charge in [-0.05, 0) is 18.2 Å². The van der Waals surface area contributed by atoms with Crippen LogP contribution in [0.4, 0.5) is 5.69 Å². The minimum atomic E-state index is -0.733. The van der Waals surface area contributed by atoms with Gasteiger partial charge in [-0.2, -0.15) is 0 Å². The second-order valence-electron chi connectivity index (χ2n) is 5.83. The number of rotatable bonds is 2. The molecule has 0 N–H and O–H groups in total. The third kappa shape index (κ3) is 1.69. The summed E-state index contributed by atoms with van der Waals surface area (Å²) < 4.78 is 10.8. The van der Waals surface area contributed by atoms with E-state index in [0.29, 0.717) is 17.3 Å². The van der Waals surface area contributed by atoms with Crippen LogP contribution in [0.3, 0.4) is 0 Å². The zero-order valence-corrected chi connectivity index (χ0v) is 12.6. The van der Waals surface area contributed by atoms with Crippen molar-refractivity contribution in [3.63, 3.8) is 0 Å². The van der Waals surface area contributed by atoms with Gasteiger partial charge in [0.25, 0.3) is 0 Å². The summed E-state index contributed by atoms with van der Waals surface area (Å²) in [6.07, 6.45) is 3.39. The van der Waals surface area contributed by atoms with Crippen LogP contribution in [0.25, 0.3) is 0 Å². The predicted octanol–water partition coefficient (Wildman–Crippen LogP) is 1.80. The monoisotopic (exact) mass is 319 g/mol. The normalized spacial score (nSPS) is 35.1. The summed E-state index contributed by atoms with van der Waals surface area (Å²) in [6, 6.07) is 7.11. The smallest absolute Gasteiger partial charge is 0.312 e. The Hall–Kier alpha value is -1.85. The van der Waals surface area contributed by atoms with E-state index in [0.717, 1.165) is 0 Å². The molecule has 3 aliphatic heterocycles. The first kappa shape index (κ1) is 13.8. The van der Waals surface area contributed by atoms with Gasteiger partial charge in [0.2, 0.25) is 5.91 Å². The number of amides is 1. The van der Waals surface area contributed by atoms with Crippen LogP contribution >= 0.6 is 11.6 Å². The fourth-order valence-corrected chi connectivity index (χ4v) is 3.95. The number of ether oxygens (including phenoxy) is 2. The third-order valence-corrected chi connectivity index (χ3v) is 4.93. The molecule has 0 unspecified atom stereocenters. The lowest BCUT2D eigenvalue weighted by Crippen LogP contribution is -2.39. The van der Waals surface area contributed by atoms with Crippen molar-refractivity contribution in [2.75, 3.05) is 18.6 Å². The van der Waals surface area contributed by atoms with Crippen LogP contribution < -0.4 is 4.90 Å². The molecule has 1 aromatic rings. The number of halogens is 1. The lowest BCUT2D eigenvalue weighted by molar-refractivity contribution is -0.149. The van der Waals surface area contributed by atoms with Gasteiger partial charge in [0.1, 0.15) is 11.5 Å². The average molecular weight is 320 g/mol. The number of nitrogens with zero attached hydrogens (tertiary/aromatic N) is 1. The summed E-state index contributed by atoms with van der Waals surface area (Å²) in [5.41, 5.74) is -0.0199. The Morgan fingerprint density at radius 1 is 1.50 bits per heavy atom. The molecule has 5 nitrogen and oxygen atoms in total. The summed E-state index contributed by atoms with van der Waals surface area (Å²) in [6.45, 7) is 0.386. The molecular weight excluding hydrogens is 306 g/mol. The second-order valence-corrected chi connectivity index (χ2v) is 6.26. The van der Waals surface area contributed by atoms with E-state index in [1.165, 1.54) is 7.11 Å². The number of carbonyl (C=O) groups is 2.